The lowest BCUT2D eigenvalue weighted by atomic mass is 10.1. The van der Waals surface area contributed by atoms with Crippen molar-refractivity contribution in [1.82, 2.24) is 15.1 Å². The van der Waals surface area contributed by atoms with Gasteiger partial charge in [-0.05, 0) is 52.1 Å². The maximum atomic E-state index is 12.3. The van der Waals surface area contributed by atoms with Gasteiger partial charge < -0.3 is 10.4 Å². The Bertz CT molecular complexity index is 387. The highest BCUT2D eigenvalue weighted by Crippen LogP contribution is 2.17. The average Bonchev–Trinajstić information content (AvgIpc) is 2.71. The Morgan fingerprint density at radius 1 is 1.26 bits per heavy atom. The molecule has 0 saturated carbocycles. The van der Waals surface area contributed by atoms with Gasteiger partial charge in [0.25, 0.3) is 0 Å². The Morgan fingerprint density at radius 3 is 2.57 bits per heavy atom. The zero-order valence-electron chi connectivity index (χ0n) is 15.0. The van der Waals surface area contributed by atoms with Crippen molar-refractivity contribution in [2.24, 2.45) is 5.92 Å². The number of carbonyl (C=O) groups is 2. The number of likely N-dealkylation sites (N-methyl/N-ethyl adjacent to an activating group) is 1. The van der Waals surface area contributed by atoms with Crippen molar-refractivity contribution >= 4 is 11.9 Å². The van der Waals surface area contributed by atoms with Crippen LogP contribution in [0.4, 0.5) is 0 Å². The van der Waals surface area contributed by atoms with Crippen LogP contribution in [0, 0.1) is 5.92 Å². The second kappa shape index (κ2) is 9.88. The molecule has 2 N–H and O–H groups in total. The first kappa shape index (κ1) is 19.9. The summed E-state index contributed by atoms with van der Waals surface area (Å²) in [5.74, 6) is -0.0937. The molecule has 23 heavy (non-hydrogen) atoms. The molecule has 2 unspecified atom stereocenters. The lowest BCUT2D eigenvalue weighted by Crippen LogP contribution is -2.46. The fraction of sp³-hybridized carbons (Fsp3) is 0.882. The summed E-state index contributed by atoms with van der Waals surface area (Å²) in [6, 6.07) is 0.165. The number of carboxylic acids is 1. The highest BCUT2D eigenvalue weighted by Gasteiger charge is 2.26. The van der Waals surface area contributed by atoms with Crippen molar-refractivity contribution in [1.29, 1.82) is 0 Å². The number of rotatable bonds is 8. The van der Waals surface area contributed by atoms with E-state index in [1.54, 1.807) is 0 Å². The summed E-state index contributed by atoms with van der Waals surface area (Å²) in [6.45, 7) is 8.82. The molecule has 1 fully saturated rings. The van der Waals surface area contributed by atoms with Crippen molar-refractivity contribution in [2.75, 3.05) is 33.2 Å². The van der Waals surface area contributed by atoms with Crippen LogP contribution in [0.1, 0.15) is 46.5 Å². The Balaban J connectivity index is 2.43. The molecule has 0 bridgehead atoms. The van der Waals surface area contributed by atoms with Crippen LogP contribution in [-0.4, -0.2) is 72.1 Å². The average molecular weight is 327 g/mol. The van der Waals surface area contributed by atoms with Gasteiger partial charge in [0.05, 0.1) is 12.6 Å². The number of hydrogen-bond donors (Lipinski definition) is 2. The van der Waals surface area contributed by atoms with Gasteiger partial charge in [0.15, 0.2) is 0 Å². The predicted octanol–water partition coefficient (Wildman–Crippen LogP) is 1.41. The quantitative estimate of drug-likeness (QED) is 0.705. The molecule has 1 rings (SSSR count). The molecule has 1 saturated heterocycles. The van der Waals surface area contributed by atoms with Gasteiger partial charge in [0.1, 0.15) is 0 Å². The molecule has 0 aromatic carbocycles. The van der Waals surface area contributed by atoms with E-state index in [9.17, 15) is 9.59 Å². The van der Waals surface area contributed by atoms with Gasteiger partial charge in [0.2, 0.25) is 5.91 Å². The van der Waals surface area contributed by atoms with Crippen molar-refractivity contribution in [3.05, 3.63) is 0 Å². The van der Waals surface area contributed by atoms with Gasteiger partial charge in [-0.1, -0.05) is 13.8 Å². The van der Waals surface area contributed by atoms with Crippen LogP contribution >= 0.6 is 0 Å². The second-order valence-corrected chi connectivity index (χ2v) is 7.08. The molecule has 0 radical (unpaired) electrons. The molecule has 0 aromatic heterocycles. The predicted molar refractivity (Wildman–Crippen MR) is 91.4 cm³/mol. The van der Waals surface area contributed by atoms with Crippen LogP contribution in [0.5, 0.6) is 0 Å². The summed E-state index contributed by atoms with van der Waals surface area (Å²) >= 11 is 0. The van der Waals surface area contributed by atoms with E-state index in [0.29, 0.717) is 5.92 Å². The minimum Gasteiger partial charge on any atom is -0.480 e. The van der Waals surface area contributed by atoms with Gasteiger partial charge in [-0.25, -0.2) is 0 Å². The maximum Gasteiger partial charge on any atom is 0.317 e. The van der Waals surface area contributed by atoms with Crippen LogP contribution in [-0.2, 0) is 9.59 Å². The number of nitrogens with zero attached hydrogens (tertiary/aromatic N) is 2. The highest BCUT2D eigenvalue weighted by molar-refractivity contribution is 5.81. The molecule has 1 heterocycles. The van der Waals surface area contributed by atoms with Gasteiger partial charge in [0, 0.05) is 19.1 Å². The molecule has 6 heteroatoms. The van der Waals surface area contributed by atoms with E-state index in [-0.39, 0.29) is 24.5 Å². The Morgan fingerprint density at radius 2 is 1.96 bits per heavy atom. The fourth-order valence-corrected chi connectivity index (χ4v) is 3.07. The number of carbonyl (C=O) groups excluding carboxylic acids is 1. The molecular weight excluding hydrogens is 294 g/mol. The number of amides is 1. The van der Waals surface area contributed by atoms with Crippen LogP contribution in [0.3, 0.4) is 0 Å². The summed E-state index contributed by atoms with van der Waals surface area (Å²) in [5.41, 5.74) is 0. The number of aliphatic carboxylic acids is 1. The largest absolute Gasteiger partial charge is 0.480 e. The number of carboxylic acid groups (broad SMARTS) is 1. The van der Waals surface area contributed by atoms with E-state index >= 15 is 0 Å². The normalized spacial score (nSPS) is 21.2. The summed E-state index contributed by atoms with van der Waals surface area (Å²) in [6.07, 6.45) is 3.90. The van der Waals surface area contributed by atoms with Gasteiger partial charge in [-0.3, -0.25) is 19.4 Å². The van der Waals surface area contributed by atoms with Crippen LogP contribution in [0.15, 0.2) is 0 Å². The molecule has 1 amide bonds. The molecule has 0 spiro atoms. The molecule has 1 aliphatic heterocycles. The second-order valence-electron chi connectivity index (χ2n) is 7.08. The molecule has 134 valence electrons. The standard InChI is InChI=1S/C17H33N3O3/c1-13(2)7-9-18-17(23)14(3)20-10-5-6-15(8-11-20)19(4)12-16(21)22/h13-15H,5-12H2,1-4H3,(H,18,23)(H,21,22). The third-order valence-corrected chi connectivity index (χ3v) is 4.69. The first-order chi connectivity index (χ1) is 10.8. The van der Waals surface area contributed by atoms with Crippen molar-refractivity contribution in [2.45, 2.75) is 58.5 Å². The molecule has 1 aliphatic rings. The first-order valence-electron chi connectivity index (χ1n) is 8.75. The van der Waals surface area contributed by atoms with Crippen LogP contribution in [0.2, 0.25) is 0 Å². The zero-order chi connectivity index (χ0) is 17.4. The lowest BCUT2D eigenvalue weighted by Gasteiger charge is -2.28. The Kier molecular flexibility index (Phi) is 8.55. The first-order valence-corrected chi connectivity index (χ1v) is 8.75. The summed E-state index contributed by atoms with van der Waals surface area (Å²) in [7, 11) is 1.87. The maximum absolute atomic E-state index is 12.3. The molecule has 2 atom stereocenters. The summed E-state index contributed by atoms with van der Waals surface area (Å²) in [4.78, 5) is 27.2. The Labute approximate surface area is 140 Å². The SMILES string of the molecule is CC(C)CCNC(=O)C(C)N1CCCC(N(C)CC(=O)O)CC1. The van der Waals surface area contributed by atoms with Crippen molar-refractivity contribution < 1.29 is 14.7 Å². The molecule has 0 aliphatic carbocycles. The molecule has 6 nitrogen and oxygen atoms in total. The van der Waals surface area contributed by atoms with Crippen LogP contribution in [0.25, 0.3) is 0 Å². The number of hydrogen-bond acceptors (Lipinski definition) is 4. The summed E-state index contributed by atoms with van der Waals surface area (Å²) in [5, 5.41) is 11.9. The van der Waals surface area contributed by atoms with Gasteiger partial charge in [-0.2, -0.15) is 0 Å². The fourth-order valence-electron chi connectivity index (χ4n) is 3.07. The van der Waals surface area contributed by atoms with E-state index in [1.807, 2.05) is 18.9 Å². The van der Waals surface area contributed by atoms with Crippen LogP contribution < -0.4 is 5.32 Å². The lowest BCUT2D eigenvalue weighted by molar-refractivity contribution is -0.138. The zero-order valence-corrected chi connectivity index (χ0v) is 15.0. The van der Waals surface area contributed by atoms with E-state index in [0.717, 1.165) is 45.3 Å². The number of nitrogens with one attached hydrogen (secondary N) is 1. The van der Waals surface area contributed by atoms with E-state index < -0.39 is 5.97 Å². The van der Waals surface area contributed by atoms with E-state index in [1.165, 1.54) is 0 Å². The minimum atomic E-state index is -0.786. The molecule has 0 aromatic rings. The molecular formula is C17H33N3O3. The van der Waals surface area contributed by atoms with Crippen molar-refractivity contribution in [3.8, 4) is 0 Å². The number of likely N-dealkylation sites (tertiary alicyclic amines) is 1. The van der Waals surface area contributed by atoms with Gasteiger partial charge >= 0.3 is 5.97 Å². The Hall–Kier alpha value is -1.14. The topological polar surface area (TPSA) is 72.9 Å². The van der Waals surface area contributed by atoms with Gasteiger partial charge in [-0.15, -0.1) is 0 Å². The van der Waals surface area contributed by atoms with Crippen molar-refractivity contribution in [3.63, 3.8) is 0 Å². The van der Waals surface area contributed by atoms with E-state index in [4.69, 9.17) is 5.11 Å². The third-order valence-electron chi connectivity index (χ3n) is 4.69. The summed E-state index contributed by atoms with van der Waals surface area (Å²) < 4.78 is 0. The monoisotopic (exact) mass is 327 g/mol. The highest BCUT2D eigenvalue weighted by atomic mass is 16.4. The minimum absolute atomic E-state index is 0.0793. The third kappa shape index (κ3) is 7.31. The van der Waals surface area contributed by atoms with E-state index in [2.05, 4.69) is 24.1 Å². The smallest absolute Gasteiger partial charge is 0.317 e.